The van der Waals surface area contributed by atoms with E-state index in [2.05, 4.69) is 7.88 Å². The Kier molecular flexibility index (Phi) is 6.12. The number of hydrogen-bond acceptors (Lipinski definition) is 3. The summed E-state index contributed by atoms with van der Waals surface area (Å²) in [5.74, 6) is -0.209. The Morgan fingerprint density at radius 2 is 2.44 bits per heavy atom. The number of rotatable bonds is 3. The number of ether oxygens (including phenoxy) is 1. The third kappa shape index (κ3) is 5.88. The van der Waals surface area contributed by atoms with Gasteiger partial charge in [0.15, 0.2) is 0 Å². The number of carbonyl (C=O) groups is 1. The lowest BCUT2D eigenvalue weighted by molar-refractivity contribution is -0.141. The predicted molar refractivity (Wildman–Crippen MR) is 43.9 cm³/mol. The topological polar surface area (TPSA) is 38.7 Å². The van der Waals surface area contributed by atoms with Crippen molar-refractivity contribution in [2.24, 2.45) is 3.15 Å². The van der Waals surface area contributed by atoms with E-state index in [1.165, 1.54) is 0 Å². The summed E-state index contributed by atoms with van der Waals surface area (Å²) < 4.78 is 8.55. The van der Waals surface area contributed by atoms with Crippen molar-refractivity contribution in [2.75, 3.05) is 18.1 Å². The molecule has 0 aliphatic heterocycles. The van der Waals surface area contributed by atoms with Gasteiger partial charge >= 0.3 is 5.97 Å². The molecule has 0 spiro atoms. The molecule has 54 valence electrons. The lowest BCUT2D eigenvalue weighted by Crippen LogP contribution is -2.06. The highest BCUT2D eigenvalue weighted by Gasteiger charge is 1.95. The van der Waals surface area contributed by atoms with Crippen molar-refractivity contribution in [3.05, 3.63) is 0 Å². The van der Waals surface area contributed by atoms with Crippen LogP contribution in [0.3, 0.4) is 0 Å². The largest absolute Gasteiger partial charge is 0.465 e. The van der Waals surface area contributed by atoms with E-state index >= 15 is 0 Å². The fourth-order valence-electron chi connectivity index (χ4n) is 0.315. The van der Waals surface area contributed by atoms with Gasteiger partial charge in [-0.25, -0.2) is 0 Å². The quantitative estimate of drug-likeness (QED) is 0.426. The molecule has 0 fully saturated rings. The number of nitrogens with zero attached hydrogens (tertiary/aromatic N) is 1. The molecule has 0 amide bonds. The maximum Gasteiger partial charge on any atom is 0.328 e. The van der Waals surface area contributed by atoms with Gasteiger partial charge in [0.1, 0.15) is 6.54 Å². The van der Waals surface area contributed by atoms with Crippen LogP contribution < -0.4 is 0 Å². The molecule has 3 nitrogen and oxygen atoms in total. The molecule has 9 heavy (non-hydrogen) atoms. The molecule has 0 saturated carbocycles. The average molecular weight is 243 g/mol. The van der Waals surface area contributed by atoms with E-state index in [0.717, 1.165) is 0 Å². The van der Waals surface area contributed by atoms with Crippen molar-refractivity contribution >= 4 is 27.0 Å². The van der Waals surface area contributed by atoms with Crippen LogP contribution in [0, 0.1) is 0 Å². The Bertz CT molecular complexity index is 114. The van der Waals surface area contributed by atoms with Gasteiger partial charge in [0.2, 0.25) is 0 Å². The number of carbonyl (C=O) groups excluding carboxylic acids is 1. The molecule has 0 bridgehead atoms. The second-order valence-corrected chi connectivity index (χ2v) is 2.90. The van der Waals surface area contributed by atoms with E-state index < -0.39 is 0 Å². The summed E-state index contributed by atoms with van der Waals surface area (Å²) in [5.41, 5.74) is 0. The summed E-state index contributed by atoms with van der Waals surface area (Å²) in [5, 5.41) is 0. The van der Waals surface area contributed by atoms with Crippen molar-refractivity contribution in [2.45, 2.75) is 6.92 Å². The molecule has 0 saturated heterocycles. The molecule has 0 atom stereocenters. The Morgan fingerprint density at radius 1 is 1.78 bits per heavy atom. The predicted octanol–water partition coefficient (Wildman–Crippen LogP) is 1.33. The van der Waals surface area contributed by atoms with Crippen LogP contribution >= 0.6 is 21.0 Å². The molecule has 4 heteroatoms. The molecule has 0 rings (SSSR count). The van der Waals surface area contributed by atoms with Gasteiger partial charge in [-0.05, 0) is 32.9 Å². The maximum absolute atomic E-state index is 10.5. The molecule has 0 aliphatic rings. The van der Waals surface area contributed by atoms with Crippen molar-refractivity contribution in [3.8, 4) is 0 Å². The first-order valence-electron chi connectivity index (χ1n) is 2.62. The second kappa shape index (κ2) is 6.12. The van der Waals surface area contributed by atoms with E-state index in [0.29, 0.717) is 6.61 Å². The molecular formula is C5H10INO2. The van der Waals surface area contributed by atoms with Crippen molar-refractivity contribution in [1.82, 2.24) is 0 Å². The number of alkyl halides is 1. The van der Waals surface area contributed by atoms with Crippen LogP contribution in [0.2, 0.25) is 0 Å². The van der Waals surface area contributed by atoms with E-state index in [1.54, 1.807) is 6.92 Å². The summed E-state index contributed by atoms with van der Waals surface area (Å²) in [6, 6.07) is 0. The summed E-state index contributed by atoms with van der Waals surface area (Å²) in [4.78, 5) is 12.5. The highest BCUT2D eigenvalue weighted by molar-refractivity contribution is 14.2. The highest BCUT2D eigenvalue weighted by atomic mass is 127. The van der Waals surface area contributed by atoms with Crippen LogP contribution in [0.4, 0.5) is 0 Å². The third-order valence-electron chi connectivity index (χ3n) is 0.614. The minimum atomic E-state index is -0.209. The zero-order valence-corrected chi connectivity index (χ0v) is 7.71. The summed E-state index contributed by atoms with van der Waals surface area (Å²) in [6.45, 7) is 2.49. The Morgan fingerprint density at radius 3 is 2.89 bits per heavy atom. The number of hydrogen-bond donors (Lipinski definition) is 0. The van der Waals surface area contributed by atoms with Gasteiger partial charge in [-0.3, -0.25) is 7.94 Å². The second-order valence-electron chi connectivity index (χ2n) is 1.25. The monoisotopic (exact) mass is 243 g/mol. The number of halogens is 1. The van der Waals surface area contributed by atoms with Gasteiger partial charge in [0.25, 0.3) is 0 Å². The van der Waals surface area contributed by atoms with Gasteiger partial charge in [-0.15, -0.1) is 0 Å². The summed E-state index contributed by atoms with van der Waals surface area (Å²) >= 11 is -0.113. The van der Waals surface area contributed by atoms with E-state index in [1.807, 2.05) is 4.93 Å². The molecular weight excluding hydrogens is 233 g/mol. The molecule has 0 aromatic heterocycles. The van der Waals surface area contributed by atoms with Crippen LogP contribution in [0.15, 0.2) is 3.15 Å². The van der Waals surface area contributed by atoms with E-state index in [4.69, 9.17) is 0 Å². The summed E-state index contributed by atoms with van der Waals surface area (Å²) in [7, 11) is 0. The fraction of sp³-hybridized carbons (Fsp3) is 0.800. The first-order valence-corrected chi connectivity index (χ1v) is 5.74. The lowest BCUT2D eigenvalue weighted by atomic mass is 10.7. The zero-order chi connectivity index (χ0) is 7.11. The van der Waals surface area contributed by atoms with E-state index in [9.17, 15) is 4.79 Å². The SMILES string of the molecule is CCOC(=O)CN=IC. The molecule has 0 unspecified atom stereocenters. The molecule has 0 radical (unpaired) electrons. The van der Waals surface area contributed by atoms with Crippen molar-refractivity contribution in [1.29, 1.82) is 0 Å². The Hall–Kier alpha value is 0. The van der Waals surface area contributed by atoms with Crippen LogP contribution in [-0.4, -0.2) is 24.1 Å². The van der Waals surface area contributed by atoms with Gasteiger partial charge in [-0.1, -0.05) is 0 Å². The third-order valence-corrected chi connectivity index (χ3v) is 1.64. The average Bonchev–Trinajstić information content (AvgIpc) is 1.85. The smallest absolute Gasteiger partial charge is 0.328 e. The first kappa shape index (κ1) is 9.00. The Labute approximate surface area is 64.9 Å². The Balaban J connectivity index is 3.27. The molecule has 0 N–H and O–H groups in total. The molecule has 0 aromatic carbocycles. The van der Waals surface area contributed by atoms with Crippen molar-refractivity contribution in [3.63, 3.8) is 0 Å². The van der Waals surface area contributed by atoms with E-state index in [-0.39, 0.29) is 33.5 Å². The minimum Gasteiger partial charge on any atom is -0.465 e. The first-order chi connectivity index (χ1) is 4.31. The standard InChI is InChI=1S/C5H10INO2/c1-3-9-5(8)4-7-6-2/h3-4H2,1-2H3. The van der Waals surface area contributed by atoms with Gasteiger partial charge in [0, 0.05) is 0 Å². The minimum absolute atomic E-state index is 0.113. The zero-order valence-electron chi connectivity index (χ0n) is 5.56. The van der Waals surface area contributed by atoms with Crippen LogP contribution in [0.25, 0.3) is 0 Å². The maximum atomic E-state index is 10.5. The van der Waals surface area contributed by atoms with Crippen LogP contribution in [-0.2, 0) is 9.53 Å². The molecule has 0 aromatic rings. The van der Waals surface area contributed by atoms with Gasteiger partial charge in [-0.2, -0.15) is 0 Å². The van der Waals surface area contributed by atoms with Gasteiger partial charge < -0.3 is 4.74 Å². The van der Waals surface area contributed by atoms with Crippen LogP contribution in [0.5, 0.6) is 0 Å². The van der Waals surface area contributed by atoms with Crippen molar-refractivity contribution < 1.29 is 9.53 Å². The normalized spacial score (nSPS) is 10.9. The summed E-state index contributed by atoms with van der Waals surface area (Å²) in [6.07, 6.45) is 0. The molecule has 0 heterocycles. The van der Waals surface area contributed by atoms with Gasteiger partial charge in [0.05, 0.1) is 6.61 Å². The highest BCUT2D eigenvalue weighted by Crippen LogP contribution is 1.91. The molecule has 0 aliphatic carbocycles. The number of esters is 1. The lowest BCUT2D eigenvalue weighted by Gasteiger charge is -1.94. The fourth-order valence-corrected chi connectivity index (χ4v) is 0.935. The van der Waals surface area contributed by atoms with Crippen LogP contribution in [0.1, 0.15) is 6.92 Å².